The van der Waals surface area contributed by atoms with Crippen molar-refractivity contribution >= 4 is 15.9 Å². The zero-order valence-corrected chi connectivity index (χ0v) is 10.2. The quantitative estimate of drug-likeness (QED) is 0.865. The zero-order chi connectivity index (χ0) is 11.3. The first kappa shape index (κ1) is 12.6. The summed E-state index contributed by atoms with van der Waals surface area (Å²) in [6, 6.07) is 5.30. The van der Waals surface area contributed by atoms with E-state index in [2.05, 4.69) is 21.2 Å². The Balaban J connectivity index is 2.47. The average Bonchev–Trinajstić information content (AvgIpc) is 2.20. The lowest BCUT2D eigenvalue weighted by Gasteiger charge is -2.12. The van der Waals surface area contributed by atoms with Crippen molar-refractivity contribution in [1.82, 2.24) is 5.32 Å². The van der Waals surface area contributed by atoms with Gasteiger partial charge < -0.3 is 10.4 Å². The van der Waals surface area contributed by atoms with E-state index in [9.17, 15) is 4.39 Å². The number of aliphatic hydroxyl groups is 1. The topological polar surface area (TPSA) is 32.3 Å². The molecule has 2 nitrogen and oxygen atoms in total. The minimum Gasteiger partial charge on any atom is -0.396 e. The first-order valence-corrected chi connectivity index (χ1v) is 5.71. The molecule has 0 radical (unpaired) electrons. The summed E-state index contributed by atoms with van der Waals surface area (Å²) < 4.78 is 13.6. The highest BCUT2D eigenvalue weighted by atomic mass is 79.9. The first-order valence-electron chi connectivity index (χ1n) is 4.91. The summed E-state index contributed by atoms with van der Waals surface area (Å²) in [5.74, 6) is -0.246. The molecule has 15 heavy (non-hydrogen) atoms. The molecule has 0 aliphatic rings. The number of nitrogens with one attached hydrogen (secondary N) is 1. The van der Waals surface area contributed by atoms with Gasteiger partial charge in [0, 0.05) is 19.2 Å². The maximum atomic E-state index is 13.1. The van der Waals surface area contributed by atoms with Crippen molar-refractivity contribution in [3.05, 3.63) is 34.1 Å². The molecule has 0 aromatic heterocycles. The summed E-state index contributed by atoms with van der Waals surface area (Å²) in [7, 11) is 0. The molecule has 4 heteroatoms. The van der Waals surface area contributed by atoms with E-state index >= 15 is 0 Å². The molecular formula is C11H15BrFNO. The molecule has 1 atom stereocenters. The van der Waals surface area contributed by atoms with Crippen molar-refractivity contribution in [3.8, 4) is 0 Å². The summed E-state index contributed by atoms with van der Waals surface area (Å²) in [5, 5.41) is 11.9. The largest absolute Gasteiger partial charge is 0.396 e. The van der Waals surface area contributed by atoms with Crippen LogP contribution in [0.4, 0.5) is 4.39 Å². The Morgan fingerprint density at radius 2 is 2.27 bits per heavy atom. The van der Waals surface area contributed by atoms with Crippen molar-refractivity contribution in [2.75, 3.05) is 6.61 Å². The van der Waals surface area contributed by atoms with Gasteiger partial charge in [-0.15, -0.1) is 0 Å². The Bertz CT molecular complexity index is 319. The van der Waals surface area contributed by atoms with Crippen molar-refractivity contribution < 1.29 is 9.50 Å². The van der Waals surface area contributed by atoms with Crippen LogP contribution in [-0.2, 0) is 6.54 Å². The van der Waals surface area contributed by atoms with Crippen molar-refractivity contribution in [2.24, 2.45) is 0 Å². The molecule has 1 aromatic rings. The Labute approximate surface area is 97.6 Å². The van der Waals surface area contributed by atoms with Gasteiger partial charge in [0.2, 0.25) is 0 Å². The third kappa shape index (κ3) is 4.28. The predicted molar refractivity (Wildman–Crippen MR) is 62.1 cm³/mol. The maximum Gasteiger partial charge on any atom is 0.137 e. The fraction of sp³-hybridized carbons (Fsp3) is 0.455. The molecule has 0 spiro atoms. The van der Waals surface area contributed by atoms with Gasteiger partial charge >= 0.3 is 0 Å². The van der Waals surface area contributed by atoms with E-state index in [4.69, 9.17) is 5.11 Å². The highest BCUT2D eigenvalue weighted by Gasteiger charge is 2.03. The summed E-state index contributed by atoms with van der Waals surface area (Å²) in [4.78, 5) is 0. The van der Waals surface area contributed by atoms with Gasteiger partial charge in [-0.1, -0.05) is 6.07 Å². The van der Waals surface area contributed by atoms with E-state index in [1.54, 1.807) is 6.07 Å². The van der Waals surface area contributed by atoms with Crippen LogP contribution in [0.3, 0.4) is 0 Å². The maximum absolute atomic E-state index is 13.1. The molecule has 0 fully saturated rings. The van der Waals surface area contributed by atoms with E-state index in [1.807, 2.05) is 13.0 Å². The summed E-state index contributed by atoms with van der Waals surface area (Å²) in [6.07, 6.45) is 0.707. The lowest BCUT2D eigenvalue weighted by molar-refractivity contribution is 0.268. The van der Waals surface area contributed by atoms with Gasteiger partial charge in [0.25, 0.3) is 0 Å². The van der Waals surface area contributed by atoms with Gasteiger partial charge in [0.15, 0.2) is 0 Å². The van der Waals surface area contributed by atoms with Crippen LogP contribution >= 0.6 is 15.9 Å². The second-order valence-corrected chi connectivity index (χ2v) is 4.40. The number of halogens is 2. The van der Waals surface area contributed by atoms with Crippen molar-refractivity contribution in [2.45, 2.75) is 25.9 Å². The predicted octanol–water partition coefficient (Wildman–Crippen LogP) is 2.45. The highest BCUT2D eigenvalue weighted by molar-refractivity contribution is 9.10. The molecule has 0 saturated heterocycles. The first-order chi connectivity index (χ1) is 7.13. The van der Waals surface area contributed by atoms with Crippen molar-refractivity contribution in [1.29, 1.82) is 0 Å². The lowest BCUT2D eigenvalue weighted by Crippen LogP contribution is -2.26. The number of rotatable bonds is 5. The smallest absolute Gasteiger partial charge is 0.137 e. The Kier molecular flexibility index (Phi) is 5.22. The molecule has 0 heterocycles. The fourth-order valence-corrected chi connectivity index (χ4v) is 1.48. The molecule has 1 aromatic carbocycles. The summed E-state index contributed by atoms with van der Waals surface area (Å²) >= 11 is 3.11. The highest BCUT2D eigenvalue weighted by Crippen LogP contribution is 2.16. The summed E-state index contributed by atoms with van der Waals surface area (Å²) in [5.41, 5.74) is 0.903. The molecule has 0 bridgehead atoms. The zero-order valence-electron chi connectivity index (χ0n) is 8.63. The third-order valence-corrected chi connectivity index (χ3v) is 2.84. The summed E-state index contributed by atoms with van der Waals surface area (Å²) in [6.45, 7) is 2.78. The van der Waals surface area contributed by atoms with Crippen molar-refractivity contribution in [3.63, 3.8) is 0 Å². The fourth-order valence-electron chi connectivity index (χ4n) is 1.24. The SMILES string of the molecule is CC(CCO)NCc1ccc(Br)c(F)c1. The van der Waals surface area contributed by atoms with E-state index in [0.29, 0.717) is 17.4 Å². The Morgan fingerprint density at radius 3 is 2.87 bits per heavy atom. The van der Waals surface area contributed by atoms with Crippen LogP contribution in [-0.4, -0.2) is 17.8 Å². The van der Waals surface area contributed by atoms with Gasteiger partial charge in [-0.05, 0) is 47.0 Å². The molecule has 2 N–H and O–H groups in total. The van der Waals surface area contributed by atoms with Crippen LogP contribution in [0.15, 0.2) is 22.7 Å². The van der Waals surface area contributed by atoms with Gasteiger partial charge in [0.05, 0.1) is 4.47 Å². The average molecular weight is 276 g/mol. The van der Waals surface area contributed by atoms with E-state index in [1.165, 1.54) is 6.07 Å². The second-order valence-electron chi connectivity index (χ2n) is 3.54. The molecule has 0 amide bonds. The molecule has 0 aliphatic heterocycles. The number of hydrogen-bond acceptors (Lipinski definition) is 2. The molecule has 1 unspecified atom stereocenters. The van der Waals surface area contributed by atoms with Crippen LogP contribution in [0.1, 0.15) is 18.9 Å². The minimum atomic E-state index is -0.246. The molecule has 1 rings (SSSR count). The number of benzene rings is 1. The van der Waals surface area contributed by atoms with Gasteiger partial charge in [0.1, 0.15) is 5.82 Å². The van der Waals surface area contributed by atoms with Crippen LogP contribution in [0, 0.1) is 5.82 Å². The Hall–Kier alpha value is -0.450. The molecule has 0 saturated carbocycles. The van der Waals surface area contributed by atoms with Crippen LogP contribution < -0.4 is 5.32 Å². The van der Waals surface area contributed by atoms with Crippen LogP contribution in [0.2, 0.25) is 0 Å². The Morgan fingerprint density at radius 1 is 1.53 bits per heavy atom. The number of hydrogen-bond donors (Lipinski definition) is 2. The van der Waals surface area contributed by atoms with Crippen LogP contribution in [0.5, 0.6) is 0 Å². The van der Waals surface area contributed by atoms with E-state index < -0.39 is 0 Å². The standard InChI is InChI=1S/C11H15BrFNO/c1-8(4-5-15)14-7-9-2-3-10(12)11(13)6-9/h2-3,6,8,14-15H,4-5,7H2,1H3. The van der Waals surface area contributed by atoms with Crippen LogP contribution in [0.25, 0.3) is 0 Å². The normalized spacial score (nSPS) is 12.8. The lowest BCUT2D eigenvalue weighted by atomic mass is 10.2. The third-order valence-electron chi connectivity index (χ3n) is 2.20. The van der Waals surface area contributed by atoms with E-state index in [-0.39, 0.29) is 18.5 Å². The second kappa shape index (κ2) is 6.20. The molecule has 84 valence electrons. The molecular weight excluding hydrogens is 261 g/mol. The van der Waals surface area contributed by atoms with Gasteiger partial charge in [-0.2, -0.15) is 0 Å². The molecule has 0 aliphatic carbocycles. The van der Waals surface area contributed by atoms with Gasteiger partial charge in [-0.25, -0.2) is 4.39 Å². The van der Waals surface area contributed by atoms with E-state index in [0.717, 1.165) is 5.56 Å². The number of aliphatic hydroxyl groups excluding tert-OH is 1. The van der Waals surface area contributed by atoms with Gasteiger partial charge in [-0.3, -0.25) is 0 Å². The monoisotopic (exact) mass is 275 g/mol. The minimum absolute atomic E-state index is 0.170.